The summed E-state index contributed by atoms with van der Waals surface area (Å²) in [5.41, 5.74) is 1.53. The van der Waals surface area contributed by atoms with E-state index in [4.69, 9.17) is 0 Å². The highest BCUT2D eigenvalue weighted by Crippen LogP contribution is 2.20. The van der Waals surface area contributed by atoms with E-state index in [1.807, 2.05) is 35.6 Å². The van der Waals surface area contributed by atoms with Crippen LogP contribution in [-0.2, 0) is 19.5 Å². The molecule has 1 aromatic carbocycles. The summed E-state index contributed by atoms with van der Waals surface area (Å²) in [7, 11) is 1.74. The second-order valence-electron chi connectivity index (χ2n) is 6.62. The van der Waals surface area contributed by atoms with Crippen molar-refractivity contribution in [2.45, 2.75) is 45.8 Å². The van der Waals surface area contributed by atoms with Gasteiger partial charge >= 0.3 is 0 Å². The Balaban J connectivity index is 1.56. The van der Waals surface area contributed by atoms with Gasteiger partial charge in [-0.15, -0.1) is 0 Å². The van der Waals surface area contributed by atoms with E-state index < -0.39 is 0 Å². The second kappa shape index (κ2) is 8.83. The second-order valence-corrected chi connectivity index (χ2v) is 6.62. The molecule has 0 amide bonds. The number of hydrogen-bond donors (Lipinski definition) is 2. The van der Waals surface area contributed by atoms with E-state index in [-0.39, 0.29) is 11.9 Å². The van der Waals surface area contributed by atoms with Crippen LogP contribution in [0.15, 0.2) is 29.5 Å². The lowest BCUT2D eigenvalue weighted by atomic mass is 10.1. The Morgan fingerprint density at radius 2 is 2.19 bits per heavy atom. The van der Waals surface area contributed by atoms with Crippen molar-refractivity contribution < 1.29 is 4.39 Å². The molecule has 0 bridgehead atoms. The van der Waals surface area contributed by atoms with Gasteiger partial charge in [0, 0.05) is 39.1 Å². The molecule has 7 nitrogen and oxygen atoms in total. The topological polar surface area (TPSA) is 70.4 Å². The lowest BCUT2D eigenvalue weighted by molar-refractivity contribution is 0.392. The maximum atomic E-state index is 14.4. The molecule has 2 N–H and O–H groups in total. The van der Waals surface area contributed by atoms with E-state index in [9.17, 15) is 4.39 Å². The van der Waals surface area contributed by atoms with Crippen molar-refractivity contribution >= 4 is 11.6 Å². The summed E-state index contributed by atoms with van der Waals surface area (Å²) in [5.74, 6) is 1.54. The molecule has 1 unspecified atom stereocenters. The van der Waals surface area contributed by atoms with Crippen molar-refractivity contribution in [3.8, 4) is 0 Å². The quantitative estimate of drug-likeness (QED) is 0.598. The van der Waals surface area contributed by atoms with Gasteiger partial charge in [0.1, 0.15) is 18.0 Å². The van der Waals surface area contributed by atoms with E-state index in [0.717, 1.165) is 43.9 Å². The van der Waals surface area contributed by atoms with Gasteiger partial charge in [0.05, 0.1) is 12.2 Å². The van der Waals surface area contributed by atoms with Crippen LogP contribution in [0.4, 0.5) is 10.1 Å². The van der Waals surface area contributed by atoms with Crippen LogP contribution >= 0.6 is 0 Å². The van der Waals surface area contributed by atoms with E-state index in [0.29, 0.717) is 18.2 Å². The first-order valence-corrected chi connectivity index (χ1v) is 9.51. The lowest BCUT2D eigenvalue weighted by Gasteiger charge is -2.25. The fourth-order valence-electron chi connectivity index (χ4n) is 3.41. The average Bonchev–Trinajstić information content (AvgIpc) is 3.15. The van der Waals surface area contributed by atoms with Crippen molar-refractivity contribution in [2.75, 3.05) is 25.0 Å². The van der Waals surface area contributed by atoms with Crippen LogP contribution in [-0.4, -0.2) is 46.9 Å². The number of nitrogens with zero attached hydrogens (tertiary/aromatic N) is 5. The number of aryl methyl sites for hydroxylation is 1. The predicted octanol–water partition coefficient (Wildman–Crippen LogP) is 1.94. The highest BCUT2D eigenvalue weighted by molar-refractivity contribution is 5.80. The van der Waals surface area contributed by atoms with Gasteiger partial charge in [-0.25, -0.2) is 14.1 Å². The van der Waals surface area contributed by atoms with E-state index in [2.05, 4.69) is 25.7 Å². The molecule has 0 saturated heterocycles. The number of aromatic nitrogens is 3. The van der Waals surface area contributed by atoms with Crippen molar-refractivity contribution in [1.82, 2.24) is 25.4 Å². The minimum atomic E-state index is -0.188. The Morgan fingerprint density at radius 1 is 1.37 bits per heavy atom. The lowest BCUT2D eigenvalue weighted by Crippen LogP contribution is -2.46. The number of halogens is 1. The first-order valence-electron chi connectivity index (χ1n) is 9.51. The summed E-state index contributed by atoms with van der Waals surface area (Å²) in [4.78, 5) is 10.5. The molecule has 1 atom stereocenters. The molecule has 1 aliphatic heterocycles. The Morgan fingerprint density at radius 3 is 2.89 bits per heavy atom. The van der Waals surface area contributed by atoms with Gasteiger partial charge < -0.3 is 15.5 Å². The SMILES string of the molecule is CCN(CC)c1ccc(CNC(=NC)NC2CCc3ncnn3C2)cc1F. The van der Waals surface area contributed by atoms with Gasteiger partial charge in [0.2, 0.25) is 0 Å². The summed E-state index contributed by atoms with van der Waals surface area (Å²) in [6.07, 6.45) is 3.47. The molecule has 0 fully saturated rings. The molecule has 0 radical (unpaired) electrons. The summed E-state index contributed by atoms with van der Waals surface area (Å²) in [6, 6.07) is 5.64. The Labute approximate surface area is 159 Å². The fourth-order valence-corrected chi connectivity index (χ4v) is 3.41. The maximum Gasteiger partial charge on any atom is 0.191 e. The van der Waals surface area contributed by atoms with Gasteiger partial charge in [-0.05, 0) is 38.0 Å². The van der Waals surface area contributed by atoms with Crippen LogP contribution in [0, 0.1) is 5.82 Å². The number of aliphatic imine (C=N–C) groups is 1. The zero-order valence-corrected chi connectivity index (χ0v) is 16.2. The van der Waals surface area contributed by atoms with Crippen LogP contribution in [0.25, 0.3) is 0 Å². The zero-order chi connectivity index (χ0) is 19.2. The van der Waals surface area contributed by atoms with Gasteiger partial charge in [-0.2, -0.15) is 5.10 Å². The minimum Gasteiger partial charge on any atom is -0.370 e. The third-order valence-electron chi connectivity index (χ3n) is 4.95. The van der Waals surface area contributed by atoms with Crippen LogP contribution in [0.1, 0.15) is 31.7 Å². The third-order valence-corrected chi connectivity index (χ3v) is 4.95. The van der Waals surface area contributed by atoms with Gasteiger partial charge in [0.15, 0.2) is 5.96 Å². The summed E-state index contributed by atoms with van der Waals surface area (Å²) in [5, 5.41) is 10.9. The molecule has 146 valence electrons. The number of guanidine groups is 1. The molecule has 27 heavy (non-hydrogen) atoms. The molecule has 0 saturated carbocycles. The third kappa shape index (κ3) is 4.56. The number of hydrogen-bond acceptors (Lipinski definition) is 4. The van der Waals surface area contributed by atoms with Crippen molar-refractivity contribution in [2.24, 2.45) is 4.99 Å². The molecule has 1 aliphatic rings. The molecule has 8 heteroatoms. The minimum absolute atomic E-state index is 0.188. The number of rotatable bonds is 6. The number of benzene rings is 1. The largest absolute Gasteiger partial charge is 0.370 e. The van der Waals surface area contributed by atoms with Crippen LogP contribution in [0.2, 0.25) is 0 Å². The summed E-state index contributed by atoms with van der Waals surface area (Å²) >= 11 is 0. The van der Waals surface area contributed by atoms with E-state index >= 15 is 0 Å². The summed E-state index contributed by atoms with van der Waals surface area (Å²) < 4.78 is 16.4. The van der Waals surface area contributed by atoms with Crippen molar-refractivity contribution in [3.05, 3.63) is 41.7 Å². The Bertz CT molecular complexity index is 782. The van der Waals surface area contributed by atoms with E-state index in [1.54, 1.807) is 19.4 Å². The van der Waals surface area contributed by atoms with Crippen LogP contribution in [0.5, 0.6) is 0 Å². The molecule has 0 spiro atoms. The smallest absolute Gasteiger partial charge is 0.191 e. The molecule has 2 heterocycles. The highest BCUT2D eigenvalue weighted by atomic mass is 19.1. The molecule has 1 aromatic heterocycles. The van der Waals surface area contributed by atoms with Gasteiger partial charge in [-0.1, -0.05) is 6.07 Å². The van der Waals surface area contributed by atoms with Crippen LogP contribution < -0.4 is 15.5 Å². The fraction of sp³-hybridized carbons (Fsp3) is 0.526. The first-order chi connectivity index (χ1) is 13.1. The van der Waals surface area contributed by atoms with Gasteiger partial charge in [0.25, 0.3) is 0 Å². The van der Waals surface area contributed by atoms with E-state index in [1.165, 1.54) is 0 Å². The van der Waals surface area contributed by atoms with Crippen molar-refractivity contribution in [1.29, 1.82) is 0 Å². The number of anilines is 1. The monoisotopic (exact) mass is 373 g/mol. The Hall–Kier alpha value is -2.64. The summed E-state index contributed by atoms with van der Waals surface area (Å²) in [6.45, 7) is 6.91. The number of nitrogens with one attached hydrogen (secondary N) is 2. The normalized spacial score (nSPS) is 16.7. The van der Waals surface area contributed by atoms with Crippen molar-refractivity contribution in [3.63, 3.8) is 0 Å². The molecule has 2 aromatic rings. The molecular weight excluding hydrogens is 345 g/mol. The molecule has 0 aliphatic carbocycles. The Kier molecular flexibility index (Phi) is 6.26. The van der Waals surface area contributed by atoms with Gasteiger partial charge in [-0.3, -0.25) is 4.99 Å². The van der Waals surface area contributed by atoms with Crippen LogP contribution in [0.3, 0.4) is 0 Å². The first kappa shape index (κ1) is 19.1. The zero-order valence-electron chi connectivity index (χ0n) is 16.2. The molecular formula is C19H28FN7. The standard InChI is InChI=1S/C19H28FN7/c1-4-26(5-2)17-8-6-14(10-16(17)20)11-22-19(21-3)25-15-7-9-18-23-13-24-27(18)12-15/h6,8,10,13,15H,4-5,7,9,11-12H2,1-3H3,(H2,21,22,25). The molecule has 3 rings (SSSR count). The highest BCUT2D eigenvalue weighted by Gasteiger charge is 2.20. The predicted molar refractivity (Wildman–Crippen MR) is 105 cm³/mol. The number of fused-ring (bicyclic) bond motifs is 1. The average molecular weight is 373 g/mol. The maximum absolute atomic E-state index is 14.4.